The van der Waals surface area contributed by atoms with Gasteiger partial charge in [0.25, 0.3) is 0 Å². The molecular weight excluding hydrogens is 863 g/mol. The largest absolute Gasteiger partial charge is 1.00 e. The van der Waals surface area contributed by atoms with Crippen molar-refractivity contribution < 1.29 is 64.8 Å². The summed E-state index contributed by atoms with van der Waals surface area (Å²) in [5.41, 5.74) is 12.1. The Bertz CT molecular complexity index is 2490. The molecule has 0 radical (unpaired) electrons. The van der Waals surface area contributed by atoms with Crippen molar-refractivity contribution in [2.45, 2.75) is 145 Å². The van der Waals surface area contributed by atoms with Crippen molar-refractivity contribution in [3.63, 3.8) is 0 Å². The number of benzene rings is 4. The second-order valence-electron chi connectivity index (χ2n) is 21.4. The van der Waals surface area contributed by atoms with Crippen LogP contribution >= 0.6 is 0 Å². The third-order valence-corrected chi connectivity index (χ3v) is 11.3. The number of hydrogen-bond donors (Lipinski definition) is 0. The number of fused-ring (bicyclic) bond motifs is 6. The maximum absolute atomic E-state index is 2.42. The van der Waals surface area contributed by atoms with E-state index in [4.69, 9.17) is 0 Å². The molecule has 62 heavy (non-hydrogen) atoms. The minimum Gasteiger partial charge on any atom is -1.00 e. The Hall–Kier alpha value is -2.67. The Balaban J connectivity index is 0.000000274. The summed E-state index contributed by atoms with van der Waals surface area (Å²) in [5.74, 6) is 0. The van der Waals surface area contributed by atoms with Crippen LogP contribution in [0.1, 0.15) is 157 Å². The minimum atomic E-state index is 0. The van der Waals surface area contributed by atoms with Crippen LogP contribution in [0.5, 0.6) is 0 Å². The van der Waals surface area contributed by atoms with E-state index < -0.39 is 0 Å². The molecule has 0 amide bonds. The van der Waals surface area contributed by atoms with Gasteiger partial charge in [-0.1, -0.05) is 213 Å². The summed E-state index contributed by atoms with van der Waals surface area (Å²) < 4.78 is 2.83. The molecule has 0 aromatic heterocycles. The van der Waals surface area contributed by atoms with Crippen LogP contribution in [-0.4, -0.2) is 7.62 Å². The molecule has 0 spiro atoms. The fourth-order valence-corrected chi connectivity index (χ4v) is 8.31. The van der Waals surface area contributed by atoms with Crippen LogP contribution in [0.2, 0.25) is 0 Å². The zero-order valence-corrected chi connectivity index (χ0v) is 45.2. The molecule has 0 atom stereocenters. The molecule has 0 heterocycles. The first-order chi connectivity index (χ1) is 27.8. The van der Waals surface area contributed by atoms with Gasteiger partial charge in [-0.15, -0.1) is 67.4 Å². The third kappa shape index (κ3) is 12.8. The molecule has 0 saturated heterocycles. The first kappa shape index (κ1) is 53.7. The van der Waals surface area contributed by atoms with Crippen LogP contribution in [-0.2, 0) is 61.6 Å². The molecule has 6 aromatic rings. The maximum Gasteiger partial charge on any atom is -1.00 e. The predicted molar refractivity (Wildman–Crippen MR) is 265 cm³/mol. The van der Waals surface area contributed by atoms with Crippen molar-refractivity contribution in [2.75, 3.05) is 0 Å². The van der Waals surface area contributed by atoms with E-state index in [0.29, 0.717) is 0 Å². The molecule has 4 heteroatoms. The SMILES string of the molecule is CC(C)(C)c1ccc2c(c1)[cH-]c1c(C3=CC=CC3)c(C(C)(C)C)ccc12.CC(C)(C)c1ccc2c(c1)[cH-]c1c(C3=CC=CC3)c(C(C)(C)C)ccc12.C[C](C)=[Ti+].C[C](C)=[Ti+].[Cl-].[Cl-]. The van der Waals surface area contributed by atoms with E-state index >= 15 is 0 Å². The number of rotatable bonds is 2. The van der Waals surface area contributed by atoms with Crippen molar-refractivity contribution in [2.24, 2.45) is 0 Å². The predicted octanol–water partition coefficient (Wildman–Crippen LogP) is 10.8. The van der Waals surface area contributed by atoms with E-state index in [0.717, 1.165) is 12.8 Å². The van der Waals surface area contributed by atoms with Gasteiger partial charge in [0.1, 0.15) is 0 Å². The van der Waals surface area contributed by atoms with Crippen molar-refractivity contribution in [3.05, 3.63) is 143 Å². The smallest absolute Gasteiger partial charge is 1.00 e. The van der Waals surface area contributed by atoms with Crippen LogP contribution in [0.15, 0.2) is 109 Å². The van der Waals surface area contributed by atoms with Crippen molar-refractivity contribution in [3.8, 4) is 0 Å². The van der Waals surface area contributed by atoms with E-state index in [1.807, 2.05) is 0 Å². The molecule has 0 fully saturated rings. The van der Waals surface area contributed by atoms with Crippen LogP contribution in [0.4, 0.5) is 0 Å². The van der Waals surface area contributed by atoms with Gasteiger partial charge in [0.2, 0.25) is 0 Å². The van der Waals surface area contributed by atoms with Crippen LogP contribution in [0.3, 0.4) is 0 Å². The zero-order chi connectivity index (χ0) is 44.5. The first-order valence-electron chi connectivity index (χ1n) is 21.9. The van der Waals surface area contributed by atoms with E-state index in [-0.39, 0.29) is 46.5 Å². The van der Waals surface area contributed by atoms with Gasteiger partial charge in [-0.25, -0.2) is 0 Å². The number of hydrogen-bond acceptors (Lipinski definition) is 0. The summed E-state index contributed by atoms with van der Waals surface area (Å²) in [6, 6.07) is 28.2. The standard InChI is InChI=1S/2C26H29.2C3H6.2ClH.2Ti/c2*1-25(2,3)19-11-12-20-18(15-19)16-22-21(20)13-14-23(26(4,5)6)24(22)17-9-7-8-10-17;2*1-3-2;;;;/h2*7-9,11-16H,10H2,1-6H3;2*1-2H3;2*1H;;/q2*-1;;;;;2*+1/p-2. The fraction of sp³-hybridized carbons (Fsp3) is 0.379. The molecule has 0 unspecified atom stereocenters. The van der Waals surface area contributed by atoms with Crippen LogP contribution in [0.25, 0.3) is 54.2 Å². The first-order valence-corrected chi connectivity index (χ1v) is 23.4. The molecule has 0 nitrogen and oxygen atoms in total. The van der Waals surface area contributed by atoms with E-state index in [1.54, 1.807) is 0 Å². The quantitative estimate of drug-likeness (QED) is 0.120. The molecule has 8 rings (SSSR count). The third-order valence-electron chi connectivity index (χ3n) is 11.3. The van der Waals surface area contributed by atoms with Gasteiger partial charge in [-0.05, 0) is 34.5 Å². The summed E-state index contributed by atoms with van der Waals surface area (Å²) in [4.78, 5) is 0. The van der Waals surface area contributed by atoms with Gasteiger partial charge < -0.3 is 24.8 Å². The summed E-state index contributed by atoms with van der Waals surface area (Å²) in [6.45, 7) is 36.0. The average molecular weight is 934 g/mol. The van der Waals surface area contributed by atoms with Gasteiger partial charge in [-0.2, -0.15) is 0 Å². The molecule has 0 aliphatic heterocycles. The average Bonchev–Trinajstić information content (AvgIpc) is 3.95. The fourth-order valence-electron chi connectivity index (χ4n) is 8.31. The second-order valence-corrected chi connectivity index (χ2v) is 24.6. The molecule has 0 N–H and O–H groups in total. The monoisotopic (exact) mass is 932 g/mol. The summed E-state index contributed by atoms with van der Waals surface area (Å²) in [6.07, 6.45) is 15.6. The number of allylic oxidation sites excluding steroid dienone is 8. The summed E-state index contributed by atoms with van der Waals surface area (Å²) in [5, 5.41) is 11.1. The Labute approximate surface area is 411 Å². The minimum absolute atomic E-state index is 0. The van der Waals surface area contributed by atoms with Crippen molar-refractivity contribution in [1.82, 2.24) is 0 Å². The van der Waals surface area contributed by atoms with Crippen molar-refractivity contribution >= 4 is 61.9 Å². The van der Waals surface area contributed by atoms with Gasteiger partial charge in [0, 0.05) is 0 Å². The van der Waals surface area contributed by atoms with E-state index in [2.05, 4.69) is 260 Å². The Morgan fingerprint density at radius 1 is 0.452 bits per heavy atom. The topological polar surface area (TPSA) is 0 Å². The normalized spacial score (nSPS) is 13.7. The molecule has 0 bridgehead atoms. The zero-order valence-electron chi connectivity index (χ0n) is 40.6. The molecule has 2 aliphatic carbocycles. The Morgan fingerprint density at radius 3 is 1.02 bits per heavy atom. The summed E-state index contributed by atoms with van der Waals surface area (Å²) in [7, 11) is 0. The molecule has 326 valence electrons. The van der Waals surface area contributed by atoms with Gasteiger partial charge >= 0.3 is 75.3 Å². The van der Waals surface area contributed by atoms with Crippen molar-refractivity contribution in [1.29, 1.82) is 0 Å². The van der Waals surface area contributed by atoms with Gasteiger partial charge in [-0.3, -0.25) is 0 Å². The van der Waals surface area contributed by atoms with E-state index in [1.165, 1.54) is 95.2 Å². The molecule has 6 aromatic carbocycles. The number of halogens is 2. The Morgan fingerprint density at radius 2 is 0.758 bits per heavy atom. The van der Waals surface area contributed by atoms with E-state index in [9.17, 15) is 0 Å². The second kappa shape index (κ2) is 21.1. The van der Waals surface area contributed by atoms with Gasteiger partial charge in [0.15, 0.2) is 0 Å². The van der Waals surface area contributed by atoms with Crippen LogP contribution < -0.4 is 24.8 Å². The molecule has 0 saturated carbocycles. The van der Waals surface area contributed by atoms with Crippen LogP contribution in [0, 0.1) is 0 Å². The Kier molecular flexibility index (Phi) is 18.3. The van der Waals surface area contributed by atoms with Gasteiger partial charge in [0.05, 0.1) is 0 Å². The molecule has 2 aliphatic rings. The molecular formula is C58H70Cl2Ti2-2. The summed E-state index contributed by atoms with van der Waals surface area (Å²) >= 11 is 4.17. The maximum atomic E-state index is 2.42.